The Morgan fingerprint density at radius 1 is 1.44 bits per heavy atom. The van der Waals surface area contributed by atoms with Gasteiger partial charge in [0.15, 0.2) is 0 Å². The van der Waals surface area contributed by atoms with Crippen LogP contribution >= 0.6 is 0 Å². The van der Waals surface area contributed by atoms with Crippen LogP contribution in [0.25, 0.3) is 0 Å². The first kappa shape index (κ1) is 15.0. The first-order valence-electron chi connectivity index (χ1n) is 6.63. The molecular weight excluding hydrogens is 232 g/mol. The minimum absolute atomic E-state index is 0.0318. The molecule has 1 heterocycles. The fourth-order valence-corrected chi connectivity index (χ4v) is 2.24. The zero-order valence-corrected chi connectivity index (χ0v) is 11.5. The van der Waals surface area contributed by atoms with E-state index in [1.807, 2.05) is 6.92 Å². The first-order valence-corrected chi connectivity index (χ1v) is 6.63. The smallest absolute Gasteiger partial charge is 0.306 e. The molecule has 5 nitrogen and oxygen atoms in total. The topological polar surface area (TPSA) is 69.6 Å². The maximum absolute atomic E-state index is 11.7. The summed E-state index contributed by atoms with van der Waals surface area (Å²) in [5.74, 6) is -0.492. The third kappa shape index (κ3) is 4.64. The van der Waals surface area contributed by atoms with Crippen molar-refractivity contribution in [3.05, 3.63) is 0 Å². The summed E-state index contributed by atoms with van der Waals surface area (Å²) < 4.78 is 0. The second-order valence-electron chi connectivity index (χ2n) is 5.58. The second-order valence-corrected chi connectivity index (χ2v) is 5.58. The highest BCUT2D eigenvalue weighted by Gasteiger charge is 2.30. The highest BCUT2D eigenvalue weighted by Crippen LogP contribution is 2.22. The molecule has 0 aliphatic carbocycles. The average molecular weight is 256 g/mol. The average Bonchev–Trinajstić information content (AvgIpc) is 2.29. The lowest BCUT2D eigenvalue weighted by Gasteiger charge is -2.35. The summed E-state index contributed by atoms with van der Waals surface area (Å²) in [7, 11) is 0. The number of carbonyl (C=O) groups excluding carboxylic acids is 1. The molecule has 1 saturated heterocycles. The largest absolute Gasteiger partial charge is 0.481 e. The molecule has 0 radical (unpaired) electrons. The molecule has 1 amide bonds. The van der Waals surface area contributed by atoms with Gasteiger partial charge in [-0.25, -0.2) is 0 Å². The van der Waals surface area contributed by atoms with Gasteiger partial charge in [0.2, 0.25) is 5.91 Å². The predicted molar refractivity (Wildman–Crippen MR) is 69.2 cm³/mol. The standard InChI is InChI=1S/C13H24N2O3/c1-9(2)7-14-12(16)8-15-5-4-11(13(17)18)6-10(15)3/h9-11H,4-8H2,1-3H3,(H,14,16)(H,17,18). The van der Waals surface area contributed by atoms with E-state index in [-0.39, 0.29) is 17.9 Å². The molecule has 0 saturated carbocycles. The number of amides is 1. The van der Waals surface area contributed by atoms with Crippen molar-refractivity contribution in [3.8, 4) is 0 Å². The number of likely N-dealkylation sites (tertiary alicyclic amines) is 1. The second kappa shape index (κ2) is 6.73. The van der Waals surface area contributed by atoms with E-state index in [9.17, 15) is 9.59 Å². The van der Waals surface area contributed by atoms with Crippen LogP contribution in [0.1, 0.15) is 33.6 Å². The van der Waals surface area contributed by atoms with E-state index in [1.54, 1.807) is 0 Å². The summed E-state index contributed by atoms with van der Waals surface area (Å²) >= 11 is 0. The lowest BCUT2D eigenvalue weighted by Crippen LogP contribution is -2.47. The van der Waals surface area contributed by atoms with Gasteiger partial charge in [-0.05, 0) is 32.2 Å². The van der Waals surface area contributed by atoms with Gasteiger partial charge in [-0.15, -0.1) is 0 Å². The summed E-state index contributed by atoms with van der Waals surface area (Å²) in [6.07, 6.45) is 1.27. The molecule has 18 heavy (non-hydrogen) atoms. The van der Waals surface area contributed by atoms with E-state index in [2.05, 4.69) is 24.1 Å². The number of hydrogen-bond donors (Lipinski definition) is 2. The fourth-order valence-electron chi connectivity index (χ4n) is 2.24. The van der Waals surface area contributed by atoms with Gasteiger partial charge in [0, 0.05) is 12.6 Å². The van der Waals surface area contributed by atoms with Gasteiger partial charge >= 0.3 is 5.97 Å². The monoisotopic (exact) mass is 256 g/mol. The Bertz CT molecular complexity index is 305. The molecule has 0 aromatic carbocycles. The van der Waals surface area contributed by atoms with Gasteiger partial charge in [0.05, 0.1) is 12.5 Å². The summed E-state index contributed by atoms with van der Waals surface area (Å²) in [6.45, 7) is 7.86. The van der Waals surface area contributed by atoms with Crippen LogP contribution in [0.15, 0.2) is 0 Å². The van der Waals surface area contributed by atoms with Crippen molar-refractivity contribution in [1.82, 2.24) is 10.2 Å². The van der Waals surface area contributed by atoms with Crippen molar-refractivity contribution in [2.75, 3.05) is 19.6 Å². The summed E-state index contributed by atoms with van der Waals surface area (Å²) in [4.78, 5) is 24.7. The van der Waals surface area contributed by atoms with E-state index >= 15 is 0 Å². The molecule has 1 fully saturated rings. The maximum Gasteiger partial charge on any atom is 0.306 e. The van der Waals surface area contributed by atoms with Crippen molar-refractivity contribution in [1.29, 1.82) is 0 Å². The quantitative estimate of drug-likeness (QED) is 0.768. The van der Waals surface area contributed by atoms with Crippen LogP contribution in [0.4, 0.5) is 0 Å². The number of carboxylic acids is 1. The maximum atomic E-state index is 11.7. The fraction of sp³-hybridized carbons (Fsp3) is 0.846. The van der Waals surface area contributed by atoms with Gasteiger partial charge in [-0.1, -0.05) is 13.8 Å². The molecule has 0 aromatic rings. The minimum atomic E-state index is -0.717. The molecule has 104 valence electrons. The van der Waals surface area contributed by atoms with Crippen molar-refractivity contribution in [3.63, 3.8) is 0 Å². The van der Waals surface area contributed by atoms with Crippen LogP contribution in [-0.2, 0) is 9.59 Å². The van der Waals surface area contributed by atoms with Crippen LogP contribution in [0.2, 0.25) is 0 Å². The molecule has 0 bridgehead atoms. The highest BCUT2D eigenvalue weighted by atomic mass is 16.4. The van der Waals surface area contributed by atoms with Crippen molar-refractivity contribution < 1.29 is 14.7 Å². The number of hydrogen-bond acceptors (Lipinski definition) is 3. The van der Waals surface area contributed by atoms with Gasteiger partial charge in [-0.2, -0.15) is 0 Å². The third-order valence-corrected chi connectivity index (χ3v) is 3.42. The lowest BCUT2D eigenvalue weighted by atomic mass is 9.92. The first-order chi connectivity index (χ1) is 8.40. The van der Waals surface area contributed by atoms with E-state index in [0.29, 0.717) is 38.4 Å². The number of carboxylic acid groups (broad SMARTS) is 1. The molecule has 0 spiro atoms. The lowest BCUT2D eigenvalue weighted by molar-refractivity contribution is -0.144. The van der Waals surface area contributed by atoms with Crippen molar-refractivity contribution >= 4 is 11.9 Å². The number of carbonyl (C=O) groups is 2. The van der Waals surface area contributed by atoms with E-state index in [4.69, 9.17) is 5.11 Å². The summed E-state index contributed by atoms with van der Waals surface area (Å²) in [6, 6.07) is 0.157. The Morgan fingerprint density at radius 2 is 2.11 bits per heavy atom. The molecule has 1 aliphatic heterocycles. The molecule has 1 rings (SSSR count). The van der Waals surface area contributed by atoms with Gasteiger partial charge in [-0.3, -0.25) is 14.5 Å². The predicted octanol–water partition coefficient (Wildman–Crippen LogP) is 0.944. The van der Waals surface area contributed by atoms with E-state index in [0.717, 1.165) is 0 Å². The van der Waals surface area contributed by atoms with Crippen LogP contribution < -0.4 is 5.32 Å². The third-order valence-electron chi connectivity index (χ3n) is 3.42. The molecular formula is C13H24N2O3. The zero-order valence-electron chi connectivity index (χ0n) is 11.5. The molecule has 2 atom stereocenters. The zero-order chi connectivity index (χ0) is 13.7. The number of nitrogens with one attached hydrogen (secondary N) is 1. The van der Waals surface area contributed by atoms with Crippen molar-refractivity contribution in [2.45, 2.75) is 39.7 Å². The Kier molecular flexibility index (Phi) is 5.59. The number of rotatable bonds is 5. The van der Waals surface area contributed by atoms with Gasteiger partial charge in [0.1, 0.15) is 0 Å². The summed E-state index contributed by atoms with van der Waals surface area (Å²) in [5.41, 5.74) is 0. The van der Waals surface area contributed by atoms with Gasteiger partial charge < -0.3 is 10.4 Å². The van der Waals surface area contributed by atoms with E-state index in [1.165, 1.54) is 0 Å². The number of aliphatic carboxylic acids is 1. The Balaban J connectivity index is 2.35. The molecule has 2 N–H and O–H groups in total. The minimum Gasteiger partial charge on any atom is -0.481 e. The van der Waals surface area contributed by atoms with Crippen LogP contribution in [0.5, 0.6) is 0 Å². The van der Waals surface area contributed by atoms with E-state index < -0.39 is 5.97 Å². The van der Waals surface area contributed by atoms with Crippen LogP contribution in [-0.4, -0.2) is 47.6 Å². The molecule has 2 unspecified atom stereocenters. The SMILES string of the molecule is CC(C)CNC(=O)CN1CCC(C(=O)O)CC1C. The number of piperidine rings is 1. The molecule has 1 aliphatic rings. The van der Waals surface area contributed by atoms with Gasteiger partial charge in [0.25, 0.3) is 0 Å². The molecule has 0 aromatic heterocycles. The Morgan fingerprint density at radius 3 is 2.61 bits per heavy atom. The van der Waals surface area contributed by atoms with Crippen molar-refractivity contribution in [2.24, 2.45) is 11.8 Å². The van der Waals surface area contributed by atoms with Crippen LogP contribution in [0.3, 0.4) is 0 Å². The Hall–Kier alpha value is -1.10. The highest BCUT2D eigenvalue weighted by molar-refractivity contribution is 5.78. The summed E-state index contributed by atoms with van der Waals surface area (Å²) in [5, 5.41) is 11.9. The molecule has 5 heteroatoms. The Labute approximate surface area is 109 Å². The number of nitrogens with zero attached hydrogens (tertiary/aromatic N) is 1. The normalized spacial score (nSPS) is 25.1. The van der Waals surface area contributed by atoms with Crippen LogP contribution in [0, 0.1) is 11.8 Å².